The lowest BCUT2D eigenvalue weighted by Crippen LogP contribution is -2.53. The van der Waals surface area contributed by atoms with Gasteiger partial charge in [0.05, 0.1) is 5.69 Å². The zero-order valence-corrected chi connectivity index (χ0v) is 24.5. The van der Waals surface area contributed by atoms with Gasteiger partial charge in [-0.05, 0) is 69.0 Å². The Morgan fingerprint density at radius 2 is 1.72 bits per heavy atom. The number of aryl methyl sites for hydroxylation is 2. The average Bonchev–Trinajstić information content (AvgIpc) is 2.81. The lowest BCUT2D eigenvalue weighted by atomic mass is 10.1. The molecule has 0 aromatic heterocycles. The van der Waals surface area contributed by atoms with Crippen LogP contribution in [0.25, 0.3) is 0 Å². The third-order valence-electron chi connectivity index (χ3n) is 6.06. The van der Waals surface area contributed by atoms with Crippen molar-refractivity contribution in [2.45, 2.75) is 59.7 Å². The van der Waals surface area contributed by atoms with Gasteiger partial charge in [-0.3, -0.25) is 9.59 Å². The van der Waals surface area contributed by atoms with E-state index in [4.69, 9.17) is 0 Å². The predicted octanol–water partition coefficient (Wildman–Crippen LogP) is 4.01. The Hall–Kier alpha value is -2.43. The fourth-order valence-electron chi connectivity index (χ4n) is 3.57. The first-order valence-electron chi connectivity index (χ1n) is 11.9. The van der Waals surface area contributed by atoms with E-state index in [2.05, 4.69) is 21.2 Å². The minimum absolute atomic E-state index is 0.0525. The molecule has 0 spiro atoms. The fourth-order valence-corrected chi connectivity index (χ4v) is 5.13. The molecule has 2 atom stereocenters. The zero-order valence-electron chi connectivity index (χ0n) is 22.1. The maximum absolute atomic E-state index is 13.8. The van der Waals surface area contributed by atoms with Gasteiger partial charge in [0, 0.05) is 31.2 Å². The summed E-state index contributed by atoms with van der Waals surface area (Å²) in [6.07, 6.45) is 0.750. The van der Waals surface area contributed by atoms with Gasteiger partial charge in [0.25, 0.3) is 0 Å². The Labute approximate surface area is 224 Å². The van der Waals surface area contributed by atoms with E-state index in [-0.39, 0.29) is 18.5 Å². The molecule has 0 saturated heterocycles. The van der Waals surface area contributed by atoms with Crippen LogP contribution in [-0.4, -0.2) is 62.2 Å². The monoisotopic (exact) mass is 580 g/mol. The van der Waals surface area contributed by atoms with E-state index in [9.17, 15) is 18.0 Å². The molecule has 36 heavy (non-hydrogen) atoms. The molecule has 0 heterocycles. The van der Waals surface area contributed by atoms with Crippen LogP contribution in [-0.2, 0) is 26.3 Å². The Morgan fingerprint density at radius 1 is 1.06 bits per heavy atom. The molecular formula is C26H37BrN4O4S. The molecule has 0 aliphatic carbocycles. The number of hydrogen-bond acceptors (Lipinski definition) is 4. The highest BCUT2D eigenvalue weighted by atomic mass is 79.9. The summed E-state index contributed by atoms with van der Waals surface area (Å²) in [4.78, 5) is 28.2. The molecule has 2 rings (SSSR count). The van der Waals surface area contributed by atoms with E-state index in [1.54, 1.807) is 19.9 Å². The molecule has 1 N–H and O–H groups in total. The van der Waals surface area contributed by atoms with Crippen molar-refractivity contribution in [3.63, 3.8) is 0 Å². The van der Waals surface area contributed by atoms with E-state index in [0.717, 1.165) is 36.2 Å². The second-order valence-electron chi connectivity index (χ2n) is 9.23. The molecule has 198 valence electrons. The lowest BCUT2D eigenvalue weighted by molar-refractivity contribution is -0.139. The van der Waals surface area contributed by atoms with Gasteiger partial charge in [-0.1, -0.05) is 47.1 Å². The SMILES string of the molecule is CC[C@@H](C)NC(=O)[C@H](C)N(Cc1cccc(Br)c1)C(=O)CN(c1cc(C)ccc1C)S(=O)(=O)N(C)C. The van der Waals surface area contributed by atoms with Crippen LogP contribution in [0.15, 0.2) is 46.9 Å². The van der Waals surface area contributed by atoms with Crippen LogP contribution in [0.3, 0.4) is 0 Å². The van der Waals surface area contributed by atoms with Gasteiger partial charge in [0.15, 0.2) is 0 Å². The van der Waals surface area contributed by atoms with Crippen LogP contribution in [0.1, 0.15) is 43.9 Å². The summed E-state index contributed by atoms with van der Waals surface area (Å²) in [5.41, 5.74) is 2.83. The zero-order chi connectivity index (χ0) is 27.2. The number of anilines is 1. The van der Waals surface area contributed by atoms with Crippen LogP contribution in [0, 0.1) is 13.8 Å². The molecule has 0 bridgehead atoms. The molecular weight excluding hydrogens is 544 g/mol. The second kappa shape index (κ2) is 12.7. The minimum atomic E-state index is -4.00. The largest absolute Gasteiger partial charge is 0.352 e. The second-order valence-corrected chi connectivity index (χ2v) is 12.2. The van der Waals surface area contributed by atoms with Crippen LogP contribution in [0.4, 0.5) is 5.69 Å². The van der Waals surface area contributed by atoms with E-state index >= 15 is 0 Å². The minimum Gasteiger partial charge on any atom is -0.352 e. The average molecular weight is 582 g/mol. The quantitative estimate of drug-likeness (QED) is 0.435. The summed E-state index contributed by atoms with van der Waals surface area (Å²) in [6.45, 7) is 8.91. The van der Waals surface area contributed by atoms with Crippen molar-refractivity contribution >= 4 is 43.6 Å². The van der Waals surface area contributed by atoms with Crippen molar-refractivity contribution in [1.82, 2.24) is 14.5 Å². The number of carbonyl (C=O) groups excluding carboxylic acids is 2. The summed E-state index contributed by atoms with van der Waals surface area (Å²) >= 11 is 3.45. The van der Waals surface area contributed by atoms with E-state index < -0.39 is 28.7 Å². The standard InChI is InChI=1S/C26H37BrN4O4S/c1-8-20(4)28-26(33)21(5)30(16-22-10-9-11-23(27)15-22)25(32)17-31(36(34,35)29(6)7)24-14-18(2)12-13-19(24)3/h9-15,20-21H,8,16-17H2,1-7H3,(H,28,33)/t20-,21+/m1/s1. The highest BCUT2D eigenvalue weighted by Gasteiger charge is 2.33. The van der Waals surface area contributed by atoms with Crippen molar-refractivity contribution in [2.24, 2.45) is 0 Å². The number of rotatable bonds is 11. The van der Waals surface area contributed by atoms with Crippen LogP contribution in [0.5, 0.6) is 0 Å². The predicted molar refractivity (Wildman–Crippen MR) is 148 cm³/mol. The van der Waals surface area contributed by atoms with E-state index in [1.807, 2.05) is 57.2 Å². The number of carbonyl (C=O) groups is 2. The third kappa shape index (κ3) is 7.54. The smallest absolute Gasteiger partial charge is 0.304 e. The van der Waals surface area contributed by atoms with Gasteiger partial charge >= 0.3 is 10.2 Å². The molecule has 0 aliphatic heterocycles. The summed E-state index contributed by atoms with van der Waals surface area (Å²) in [5, 5.41) is 2.93. The molecule has 8 nitrogen and oxygen atoms in total. The van der Waals surface area contributed by atoms with E-state index in [1.165, 1.54) is 19.0 Å². The first-order valence-corrected chi connectivity index (χ1v) is 14.1. The molecule has 2 amide bonds. The molecule has 2 aromatic carbocycles. The first-order chi connectivity index (χ1) is 16.8. The van der Waals surface area contributed by atoms with Crippen molar-refractivity contribution in [2.75, 3.05) is 24.9 Å². The Morgan fingerprint density at radius 3 is 2.31 bits per heavy atom. The topological polar surface area (TPSA) is 90.0 Å². The van der Waals surface area contributed by atoms with Crippen molar-refractivity contribution in [3.05, 3.63) is 63.6 Å². The molecule has 0 fully saturated rings. The van der Waals surface area contributed by atoms with Crippen LogP contribution >= 0.6 is 15.9 Å². The van der Waals surface area contributed by atoms with E-state index in [0.29, 0.717) is 5.69 Å². The maximum Gasteiger partial charge on any atom is 0.304 e. The van der Waals surface area contributed by atoms with Gasteiger partial charge in [0.2, 0.25) is 11.8 Å². The summed E-state index contributed by atoms with van der Waals surface area (Å²) < 4.78 is 29.7. The molecule has 0 saturated carbocycles. The molecule has 0 unspecified atom stereocenters. The highest BCUT2D eigenvalue weighted by Crippen LogP contribution is 2.26. The number of hydrogen-bond donors (Lipinski definition) is 1. The van der Waals surface area contributed by atoms with Gasteiger partial charge in [0.1, 0.15) is 12.6 Å². The molecule has 0 radical (unpaired) electrons. The Balaban J connectivity index is 2.51. The Kier molecular flexibility index (Phi) is 10.5. The molecule has 10 heteroatoms. The number of nitrogens with zero attached hydrogens (tertiary/aromatic N) is 3. The van der Waals surface area contributed by atoms with Crippen LogP contribution < -0.4 is 9.62 Å². The first kappa shape index (κ1) is 29.8. The van der Waals surface area contributed by atoms with Crippen molar-refractivity contribution in [3.8, 4) is 0 Å². The summed E-state index contributed by atoms with van der Waals surface area (Å²) in [5.74, 6) is -0.769. The van der Waals surface area contributed by atoms with Gasteiger partial charge < -0.3 is 10.2 Å². The highest BCUT2D eigenvalue weighted by molar-refractivity contribution is 9.10. The molecule has 2 aromatic rings. The normalized spacial score (nSPS) is 13.2. The third-order valence-corrected chi connectivity index (χ3v) is 8.36. The van der Waals surface area contributed by atoms with Crippen LogP contribution in [0.2, 0.25) is 0 Å². The fraction of sp³-hybridized carbons (Fsp3) is 0.462. The number of amides is 2. The number of halogens is 1. The maximum atomic E-state index is 13.8. The van der Waals surface area contributed by atoms with Crippen molar-refractivity contribution in [1.29, 1.82) is 0 Å². The summed E-state index contributed by atoms with van der Waals surface area (Å²) in [7, 11) is -1.14. The molecule has 0 aliphatic rings. The number of nitrogens with one attached hydrogen (secondary N) is 1. The Bertz CT molecular complexity index is 1190. The van der Waals surface area contributed by atoms with Crippen molar-refractivity contribution < 1.29 is 18.0 Å². The van der Waals surface area contributed by atoms with Gasteiger partial charge in [-0.25, -0.2) is 4.31 Å². The number of benzene rings is 2. The van der Waals surface area contributed by atoms with Gasteiger partial charge in [-0.2, -0.15) is 12.7 Å². The van der Waals surface area contributed by atoms with Gasteiger partial charge in [-0.15, -0.1) is 0 Å². The summed E-state index contributed by atoms with van der Waals surface area (Å²) in [6, 6.07) is 12.1. The lowest BCUT2D eigenvalue weighted by Gasteiger charge is -2.33.